The molecule has 0 saturated carbocycles. The lowest BCUT2D eigenvalue weighted by atomic mass is 10.1. The van der Waals surface area contributed by atoms with Crippen LogP contribution in [0.3, 0.4) is 0 Å². The van der Waals surface area contributed by atoms with Crippen molar-refractivity contribution in [1.29, 1.82) is 5.26 Å². The summed E-state index contributed by atoms with van der Waals surface area (Å²) in [4.78, 5) is 28.7. The third kappa shape index (κ3) is 5.91. The number of nitrogens with one attached hydrogen (secondary N) is 3. The molecular weight excluding hydrogens is 366 g/mol. The highest BCUT2D eigenvalue weighted by Gasteiger charge is 2.09. The summed E-state index contributed by atoms with van der Waals surface area (Å²) in [5.74, 6) is -0.334. The van der Waals surface area contributed by atoms with Crippen molar-refractivity contribution in [3.63, 3.8) is 0 Å². The zero-order chi connectivity index (χ0) is 20.5. The van der Waals surface area contributed by atoms with Crippen LogP contribution in [0.5, 0.6) is 0 Å². The molecule has 0 radical (unpaired) electrons. The molecule has 0 aliphatic carbocycles. The average Bonchev–Trinajstić information content (AvgIpc) is 2.75. The number of hydrogen-bond donors (Lipinski definition) is 3. The van der Waals surface area contributed by atoms with E-state index in [9.17, 15) is 9.59 Å². The number of urea groups is 1. The van der Waals surface area contributed by atoms with Crippen LogP contribution < -0.4 is 16.0 Å². The molecule has 0 spiro atoms. The minimum Gasteiger partial charge on any atom is -0.337 e. The maximum Gasteiger partial charge on any atom is 0.319 e. The summed E-state index contributed by atoms with van der Waals surface area (Å²) in [7, 11) is 0. The molecule has 7 heteroatoms. The van der Waals surface area contributed by atoms with Crippen LogP contribution in [0.15, 0.2) is 72.9 Å². The third-order valence-corrected chi connectivity index (χ3v) is 4.03. The fourth-order valence-electron chi connectivity index (χ4n) is 2.63. The highest BCUT2D eigenvalue weighted by Crippen LogP contribution is 2.14. The summed E-state index contributed by atoms with van der Waals surface area (Å²) in [5, 5.41) is 17.2. The van der Waals surface area contributed by atoms with Crippen LogP contribution >= 0.6 is 0 Å². The predicted molar refractivity (Wildman–Crippen MR) is 111 cm³/mol. The first kappa shape index (κ1) is 19.6. The van der Waals surface area contributed by atoms with Gasteiger partial charge in [0.25, 0.3) is 5.91 Å². The Balaban J connectivity index is 1.55. The van der Waals surface area contributed by atoms with Gasteiger partial charge in [0.15, 0.2) is 0 Å². The number of carbonyl (C=O) groups is 2. The SMILES string of the molecule is N#Cc1cccc(NC(=O)c2cccc(NC(=O)NCCc3ccccn3)c2)c1. The number of benzene rings is 2. The van der Waals surface area contributed by atoms with E-state index in [0.29, 0.717) is 35.5 Å². The van der Waals surface area contributed by atoms with Gasteiger partial charge in [0.05, 0.1) is 11.6 Å². The first-order chi connectivity index (χ1) is 14.1. The highest BCUT2D eigenvalue weighted by atomic mass is 16.2. The van der Waals surface area contributed by atoms with E-state index in [1.165, 1.54) is 0 Å². The van der Waals surface area contributed by atoms with Gasteiger partial charge >= 0.3 is 6.03 Å². The van der Waals surface area contributed by atoms with E-state index in [1.54, 1.807) is 54.7 Å². The fraction of sp³-hybridized carbons (Fsp3) is 0.0909. The zero-order valence-corrected chi connectivity index (χ0v) is 15.6. The van der Waals surface area contributed by atoms with Gasteiger partial charge in [-0.2, -0.15) is 5.26 Å². The average molecular weight is 385 g/mol. The fourth-order valence-corrected chi connectivity index (χ4v) is 2.63. The molecule has 2 aromatic carbocycles. The molecule has 0 bridgehead atoms. The number of pyridine rings is 1. The van der Waals surface area contributed by atoms with E-state index in [1.807, 2.05) is 24.3 Å². The van der Waals surface area contributed by atoms with Gasteiger partial charge in [-0.15, -0.1) is 0 Å². The third-order valence-electron chi connectivity index (χ3n) is 4.03. The molecule has 3 aromatic rings. The zero-order valence-electron chi connectivity index (χ0n) is 15.6. The van der Waals surface area contributed by atoms with Gasteiger partial charge in [0.2, 0.25) is 0 Å². The van der Waals surface area contributed by atoms with Crippen LogP contribution in [-0.2, 0) is 6.42 Å². The van der Waals surface area contributed by atoms with Crippen LogP contribution in [0.2, 0.25) is 0 Å². The van der Waals surface area contributed by atoms with Gasteiger partial charge in [-0.05, 0) is 48.5 Å². The molecule has 144 valence electrons. The highest BCUT2D eigenvalue weighted by molar-refractivity contribution is 6.05. The second-order valence-corrected chi connectivity index (χ2v) is 6.18. The van der Waals surface area contributed by atoms with E-state index in [4.69, 9.17) is 5.26 Å². The Morgan fingerprint density at radius 1 is 0.931 bits per heavy atom. The number of aromatic nitrogens is 1. The summed E-state index contributed by atoms with van der Waals surface area (Å²) in [5.41, 5.74) is 2.77. The molecule has 3 N–H and O–H groups in total. The molecule has 7 nitrogen and oxygen atoms in total. The Labute approximate surface area is 168 Å². The number of anilines is 2. The number of hydrogen-bond acceptors (Lipinski definition) is 4. The summed E-state index contributed by atoms with van der Waals surface area (Å²) in [6.45, 7) is 0.443. The molecule has 0 aliphatic rings. The van der Waals surface area contributed by atoms with E-state index < -0.39 is 0 Å². The van der Waals surface area contributed by atoms with Crippen molar-refractivity contribution in [2.24, 2.45) is 0 Å². The maximum atomic E-state index is 12.5. The molecular formula is C22H19N5O2. The van der Waals surface area contributed by atoms with Gasteiger partial charge in [0, 0.05) is 41.8 Å². The molecule has 1 aromatic heterocycles. The number of rotatable bonds is 6. The topological polar surface area (TPSA) is 107 Å². The van der Waals surface area contributed by atoms with Gasteiger partial charge in [0.1, 0.15) is 0 Å². The van der Waals surface area contributed by atoms with Crippen LogP contribution in [0.25, 0.3) is 0 Å². The van der Waals surface area contributed by atoms with E-state index in [2.05, 4.69) is 20.9 Å². The Hall–Kier alpha value is -4.18. The van der Waals surface area contributed by atoms with Crippen LogP contribution in [0.1, 0.15) is 21.6 Å². The van der Waals surface area contributed by atoms with Crippen LogP contribution in [0.4, 0.5) is 16.2 Å². The van der Waals surface area contributed by atoms with E-state index in [0.717, 1.165) is 5.69 Å². The van der Waals surface area contributed by atoms with E-state index in [-0.39, 0.29) is 11.9 Å². The molecule has 3 amide bonds. The first-order valence-corrected chi connectivity index (χ1v) is 9.00. The minimum absolute atomic E-state index is 0.334. The van der Waals surface area contributed by atoms with Crippen molar-refractivity contribution in [2.75, 3.05) is 17.2 Å². The monoisotopic (exact) mass is 385 g/mol. The number of nitrogens with zero attached hydrogens (tertiary/aromatic N) is 2. The largest absolute Gasteiger partial charge is 0.337 e. The smallest absolute Gasteiger partial charge is 0.319 e. The lowest BCUT2D eigenvalue weighted by Gasteiger charge is -2.10. The second kappa shape index (κ2) is 9.67. The Bertz CT molecular complexity index is 1040. The summed E-state index contributed by atoms with van der Waals surface area (Å²) < 4.78 is 0. The normalized spacial score (nSPS) is 9.90. The minimum atomic E-state index is -0.361. The van der Waals surface area contributed by atoms with Crippen molar-refractivity contribution in [2.45, 2.75) is 6.42 Å². The van der Waals surface area contributed by atoms with Gasteiger partial charge in [-0.25, -0.2) is 4.79 Å². The summed E-state index contributed by atoms with van der Waals surface area (Å²) >= 11 is 0. The molecule has 0 aliphatic heterocycles. The Kier molecular flexibility index (Phi) is 6.53. The maximum absolute atomic E-state index is 12.5. The summed E-state index contributed by atoms with van der Waals surface area (Å²) in [6.07, 6.45) is 2.33. The van der Waals surface area contributed by atoms with Crippen molar-refractivity contribution in [3.05, 3.63) is 89.7 Å². The van der Waals surface area contributed by atoms with Crippen molar-refractivity contribution in [1.82, 2.24) is 10.3 Å². The van der Waals surface area contributed by atoms with Crippen molar-refractivity contribution in [3.8, 4) is 6.07 Å². The van der Waals surface area contributed by atoms with Crippen LogP contribution in [-0.4, -0.2) is 23.5 Å². The van der Waals surface area contributed by atoms with Crippen LogP contribution in [0, 0.1) is 11.3 Å². The molecule has 3 rings (SSSR count). The van der Waals surface area contributed by atoms with Gasteiger partial charge in [-0.1, -0.05) is 18.2 Å². The standard InChI is InChI=1S/C22H19N5O2/c23-15-16-5-3-8-19(13-16)26-21(28)17-6-4-9-20(14-17)27-22(29)25-12-10-18-7-1-2-11-24-18/h1-9,11,13-14H,10,12H2,(H,26,28)(H2,25,27,29). The summed E-state index contributed by atoms with van der Waals surface area (Å²) in [6, 6.07) is 20.6. The lowest BCUT2D eigenvalue weighted by molar-refractivity contribution is 0.102. The second-order valence-electron chi connectivity index (χ2n) is 6.18. The van der Waals surface area contributed by atoms with Gasteiger partial charge < -0.3 is 16.0 Å². The number of carbonyl (C=O) groups excluding carboxylic acids is 2. The molecule has 0 atom stereocenters. The molecule has 0 fully saturated rings. The number of nitriles is 1. The molecule has 0 saturated heterocycles. The van der Waals surface area contributed by atoms with Crippen molar-refractivity contribution < 1.29 is 9.59 Å². The van der Waals surface area contributed by atoms with E-state index >= 15 is 0 Å². The number of amides is 3. The lowest BCUT2D eigenvalue weighted by Crippen LogP contribution is -2.30. The molecule has 1 heterocycles. The quantitative estimate of drug-likeness (QED) is 0.603. The Morgan fingerprint density at radius 2 is 1.72 bits per heavy atom. The van der Waals surface area contributed by atoms with Gasteiger partial charge in [-0.3, -0.25) is 9.78 Å². The van der Waals surface area contributed by atoms with Crippen molar-refractivity contribution >= 4 is 23.3 Å². The predicted octanol–water partition coefficient (Wildman–Crippen LogP) is 3.57. The Morgan fingerprint density at radius 3 is 2.48 bits per heavy atom. The first-order valence-electron chi connectivity index (χ1n) is 9.00. The molecule has 29 heavy (non-hydrogen) atoms. The molecule has 0 unspecified atom stereocenters.